The van der Waals surface area contributed by atoms with E-state index in [9.17, 15) is 14.3 Å². The van der Waals surface area contributed by atoms with Crippen molar-refractivity contribution in [2.45, 2.75) is 161 Å². The summed E-state index contributed by atoms with van der Waals surface area (Å²) in [6.07, 6.45) is 45.2. The summed E-state index contributed by atoms with van der Waals surface area (Å²) in [6, 6.07) is 0. The lowest BCUT2D eigenvalue weighted by Crippen LogP contribution is -2.37. The Bertz CT molecular complexity index is 1030. The van der Waals surface area contributed by atoms with Crippen LogP contribution in [0.25, 0.3) is 0 Å². The summed E-state index contributed by atoms with van der Waals surface area (Å²) in [5, 5.41) is 0. The number of phosphoric acid groups is 1. The van der Waals surface area contributed by atoms with Crippen molar-refractivity contribution in [2.75, 3.05) is 54.1 Å². The van der Waals surface area contributed by atoms with Gasteiger partial charge in [0.25, 0.3) is 7.82 Å². The van der Waals surface area contributed by atoms with E-state index < -0.39 is 13.9 Å². The van der Waals surface area contributed by atoms with Crippen LogP contribution in [0.15, 0.2) is 60.8 Å². The Morgan fingerprint density at radius 3 is 1.64 bits per heavy atom. The second-order valence-electron chi connectivity index (χ2n) is 15.0. The molecule has 0 aromatic carbocycles. The van der Waals surface area contributed by atoms with Crippen LogP contribution in [0.3, 0.4) is 0 Å². The average molecular weight is 766 g/mol. The van der Waals surface area contributed by atoms with Gasteiger partial charge in [-0.25, -0.2) is 0 Å². The minimum absolute atomic E-state index is 0.0218. The first-order chi connectivity index (χ1) is 25.6. The number of hydrogen-bond donors (Lipinski definition) is 0. The highest BCUT2D eigenvalue weighted by Crippen LogP contribution is 2.38. The molecule has 0 aliphatic heterocycles. The van der Waals surface area contributed by atoms with E-state index >= 15 is 0 Å². The predicted octanol–water partition coefficient (Wildman–Crippen LogP) is 11.5. The summed E-state index contributed by atoms with van der Waals surface area (Å²) < 4.78 is 34.4. The van der Waals surface area contributed by atoms with E-state index in [2.05, 4.69) is 74.6 Å². The Morgan fingerprint density at radius 2 is 1.09 bits per heavy atom. The largest absolute Gasteiger partial charge is 0.756 e. The van der Waals surface area contributed by atoms with Gasteiger partial charge in [-0.1, -0.05) is 152 Å². The van der Waals surface area contributed by atoms with Gasteiger partial charge in [-0.15, -0.1) is 0 Å². The molecular formula is C44H80NO7P. The van der Waals surface area contributed by atoms with Gasteiger partial charge in [0.05, 0.1) is 34.4 Å². The van der Waals surface area contributed by atoms with Gasteiger partial charge in [0.2, 0.25) is 0 Å². The van der Waals surface area contributed by atoms with Gasteiger partial charge in [-0.2, -0.15) is 0 Å². The molecule has 0 aliphatic rings. The second kappa shape index (κ2) is 37.1. The molecule has 308 valence electrons. The third kappa shape index (κ3) is 41.2. The molecule has 9 heteroatoms. The number of unbranched alkanes of at least 4 members (excludes halogenated alkanes) is 14. The molecule has 0 bridgehead atoms. The van der Waals surface area contributed by atoms with E-state index in [0.29, 0.717) is 24.1 Å². The fraction of sp³-hybridized carbons (Fsp3) is 0.750. The first kappa shape index (κ1) is 51.2. The van der Waals surface area contributed by atoms with Gasteiger partial charge in [-0.3, -0.25) is 9.36 Å². The molecule has 0 heterocycles. The van der Waals surface area contributed by atoms with Crippen LogP contribution in [0.4, 0.5) is 0 Å². The summed E-state index contributed by atoms with van der Waals surface area (Å²) in [4.78, 5) is 24.9. The first-order valence-electron chi connectivity index (χ1n) is 21.0. The van der Waals surface area contributed by atoms with Crippen molar-refractivity contribution in [1.82, 2.24) is 0 Å². The number of allylic oxidation sites excluding steroid dienone is 10. The summed E-state index contributed by atoms with van der Waals surface area (Å²) in [5.41, 5.74) is 0. The highest BCUT2D eigenvalue weighted by molar-refractivity contribution is 7.45. The highest BCUT2D eigenvalue weighted by Gasteiger charge is 2.20. The van der Waals surface area contributed by atoms with Gasteiger partial charge in [0.15, 0.2) is 0 Å². The molecule has 0 N–H and O–H groups in total. The van der Waals surface area contributed by atoms with Crippen molar-refractivity contribution in [3.63, 3.8) is 0 Å². The zero-order chi connectivity index (χ0) is 39.1. The number of rotatable bonds is 38. The molecule has 2 atom stereocenters. The second-order valence-corrected chi connectivity index (χ2v) is 16.4. The van der Waals surface area contributed by atoms with Crippen LogP contribution in [0.5, 0.6) is 0 Å². The normalized spacial score (nSPS) is 14.5. The van der Waals surface area contributed by atoms with Crippen LogP contribution >= 0.6 is 7.82 Å². The molecule has 0 amide bonds. The number of esters is 1. The summed E-state index contributed by atoms with van der Waals surface area (Å²) in [7, 11) is 1.34. The molecule has 0 spiro atoms. The monoisotopic (exact) mass is 766 g/mol. The molecule has 0 saturated carbocycles. The molecule has 0 aromatic heterocycles. The average Bonchev–Trinajstić information content (AvgIpc) is 3.11. The zero-order valence-electron chi connectivity index (χ0n) is 34.7. The maximum absolute atomic E-state index is 12.6. The molecule has 0 radical (unpaired) electrons. The molecule has 0 fully saturated rings. The topological polar surface area (TPSA) is 94.1 Å². The third-order valence-corrected chi connectivity index (χ3v) is 9.55. The summed E-state index contributed by atoms with van der Waals surface area (Å²) in [6.45, 7) is 5.24. The number of hydrogen-bond acceptors (Lipinski definition) is 7. The van der Waals surface area contributed by atoms with Crippen molar-refractivity contribution in [3.8, 4) is 0 Å². The Morgan fingerprint density at radius 1 is 0.604 bits per heavy atom. The number of ether oxygens (including phenoxy) is 2. The smallest absolute Gasteiger partial charge is 0.306 e. The van der Waals surface area contributed by atoms with Gasteiger partial charge >= 0.3 is 5.97 Å². The molecule has 8 nitrogen and oxygen atoms in total. The molecule has 2 unspecified atom stereocenters. The van der Waals surface area contributed by atoms with Crippen molar-refractivity contribution in [1.29, 1.82) is 0 Å². The molecule has 0 saturated heterocycles. The Labute approximate surface area is 326 Å². The minimum atomic E-state index is -4.52. The number of likely N-dealkylation sites (N-methyl/N-ethyl adjacent to an activating group) is 1. The Hall–Kier alpha value is -1.80. The van der Waals surface area contributed by atoms with E-state index in [0.717, 1.165) is 77.0 Å². The maximum Gasteiger partial charge on any atom is 0.306 e. The predicted molar refractivity (Wildman–Crippen MR) is 222 cm³/mol. The van der Waals surface area contributed by atoms with Crippen LogP contribution in [0, 0.1) is 0 Å². The van der Waals surface area contributed by atoms with Crippen LogP contribution in [0.1, 0.15) is 155 Å². The van der Waals surface area contributed by atoms with Crippen molar-refractivity contribution in [3.05, 3.63) is 60.8 Å². The van der Waals surface area contributed by atoms with Crippen molar-refractivity contribution >= 4 is 13.8 Å². The molecule has 0 aromatic rings. The molecule has 0 aliphatic carbocycles. The van der Waals surface area contributed by atoms with Crippen LogP contribution in [-0.4, -0.2) is 70.7 Å². The fourth-order valence-corrected chi connectivity index (χ4v) is 6.06. The van der Waals surface area contributed by atoms with E-state index in [4.69, 9.17) is 18.5 Å². The summed E-state index contributed by atoms with van der Waals surface area (Å²) >= 11 is 0. The van der Waals surface area contributed by atoms with Crippen LogP contribution < -0.4 is 4.89 Å². The van der Waals surface area contributed by atoms with Gasteiger partial charge in [0, 0.05) is 13.0 Å². The highest BCUT2D eigenvalue weighted by atomic mass is 31.2. The first-order valence-corrected chi connectivity index (χ1v) is 22.5. The SMILES string of the molecule is CC/C=C\C/C=C\C/C=C\C/C=C\C/C=C\CCCCCCCCCC(=O)OC(COCCCCCCCCCC)COP(=O)([O-])OCC[N+](C)(C)C. The number of carbonyl (C=O) groups is 1. The van der Waals surface area contributed by atoms with E-state index in [-0.39, 0.29) is 25.8 Å². The summed E-state index contributed by atoms with van der Waals surface area (Å²) in [5.74, 6) is -0.349. The quantitative estimate of drug-likeness (QED) is 0.0203. The Kier molecular flexibility index (Phi) is 35.9. The van der Waals surface area contributed by atoms with E-state index in [1.54, 1.807) is 0 Å². The fourth-order valence-electron chi connectivity index (χ4n) is 5.34. The lowest BCUT2D eigenvalue weighted by atomic mass is 10.1. The third-order valence-electron chi connectivity index (χ3n) is 8.58. The van der Waals surface area contributed by atoms with Gasteiger partial charge in [-0.05, 0) is 57.8 Å². The number of phosphoric ester groups is 1. The van der Waals surface area contributed by atoms with Crippen LogP contribution in [-0.2, 0) is 27.9 Å². The lowest BCUT2D eigenvalue weighted by molar-refractivity contribution is -0.870. The van der Waals surface area contributed by atoms with E-state index in [1.165, 1.54) is 57.8 Å². The van der Waals surface area contributed by atoms with Crippen LogP contribution in [0.2, 0.25) is 0 Å². The molecule has 53 heavy (non-hydrogen) atoms. The zero-order valence-corrected chi connectivity index (χ0v) is 35.6. The minimum Gasteiger partial charge on any atom is -0.756 e. The lowest BCUT2D eigenvalue weighted by Gasteiger charge is -2.28. The molecule has 0 rings (SSSR count). The Balaban J connectivity index is 4.17. The number of nitrogens with zero attached hydrogens (tertiary/aromatic N) is 1. The molecular weight excluding hydrogens is 685 g/mol. The maximum atomic E-state index is 12.6. The van der Waals surface area contributed by atoms with Crippen molar-refractivity contribution < 1.29 is 37.3 Å². The van der Waals surface area contributed by atoms with Gasteiger partial charge < -0.3 is 27.9 Å². The number of carbonyl (C=O) groups excluding carboxylic acids is 1. The standard InChI is InChI=1S/C44H80NO7P/c1-6-8-10-12-14-16-17-18-19-20-21-22-23-24-25-26-27-28-29-30-31-33-35-37-44(46)52-43(41-49-39-36-34-32-15-13-11-9-7-2)42-51-53(47,48)50-40-38-45(3,4)5/h8,10,14,16,18-19,21-22,24-25,43H,6-7,9,11-13,15,17,20,23,26-42H2,1-5H3/b10-8-,16-14-,19-18-,22-21-,25-24-. The van der Waals surface area contributed by atoms with E-state index in [1.807, 2.05) is 21.1 Å². The van der Waals surface area contributed by atoms with Crippen molar-refractivity contribution in [2.24, 2.45) is 0 Å². The van der Waals surface area contributed by atoms with Gasteiger partial charge in [0.1, 0.15) is 19.3 Å². The number of quaternary nitrogens is 1.